The molecule has 7 heteroatoms. The molecule has 2 heterocycles. The predicted octanol–water partition coefficient (Wildman–Crippen LogP) is 3.48. The number of rotatable bonds is 10. The second-order valence-electron chi connectivity index (χ2n) is 9.40. The number of hydrogen-bond donors (Lipinski definition) is 1. The highest BCUT2D eigenvalue weighted by Crippen LogP contribution is 2.22. The third kappa shape index (κ3) is 7.39. The normalized spacial score (nSPS) is 17.2. The van der Waals surface area contributed by atoms with Gasteiger partial charge in [-0.2, -0.15) is 5.10 Å². The fourth-order valence-corrected chi connectivity index (χ4v) is 4.80. The summed E-state index contributed by atoms with van der Waals surface area (Å²) in [6.45, 7) is 3.80. The summed E-state index contributed by atoms with van der Waals surface area (Å²) in [6, 6.07) is 18.3. The van der Waals surface area contributed by atoms with Crippen molar-refractivity contribution < 1.29 is 14.3 Å². The van der Waals surface area contributed by atoms with E-state index in [1.807, 2.05) is 24.3 Å². The van der Waals surface area contributed by atoms with Crippen LogP contribution in [0.3, 0.4) is 0 Å². The van der Waals surface area contributed by atoms with Crippen molar-refractivity contribution in [3.8, 4) is 5.75 Å². The van der Waals surface area contributed by atoms with Crippen molar-refractivity contribution in [2.75, 3.05) is 39.8 Å². The number of nitrogens with zero attached hydrogens (tertiary/aromatic N) is 3. The summed E-state index contributed by atoms with van der Waals surface area (Å²) < 4.78 is 5.20. The molecule has 0 aromatic heterocycles. The Bertz CT molecular complexity index is 999. The van der Waals surface area contributed by atoms with Crippen LogP contribution in [0.4, 0.5) is 0 Å². The number of hydrogen-bond acceptors (Lipinski definition) is 5. The molecule has 2 aromatic carbocycles. The van der Waals surface area contributed by atoms with Gasteiger partial charge >= 0.3 is 0 Å². The highest BCUT2D eigenvalue weighted by molar-refractivity contribution is 6.04. The molecular weight excluding hydrogens is 440 g/mol. The molecule has 0 bridgehead atoms. The largest absolute Gasteiger partial charge is 0.497 e. The minimum atomic E-state index is -0.167. The topological polar surface area (TPSA) is 74.2 Å². The molecule has 1 fully saturated rings. The van der Waals surface area contributed by atoms with Gasteiger partial charge in [-0.15, -0.1) is 0 Å². The Morgan fingerprint density at radius 3 is 2.51 bits per heavy atom. The van der Waals surface area contributed by atoms with Crippen molar-refractivity contribution in [2.24, 2.45) is 11.0 Å². The minimum Gasteiger partial charge on any atom is -0.497 e. The van der Waals surface area contributed by atoms with E-state index in [2.05, 4.69) is 45.6 Å². The third-order valence-corrected chi connectivity index (χ3v) is 6.87. The van der Waals surface area contributed by atoms with Crippen molar-refractivity contribution in [1.29, 1.82) is 0 Å². The minimum absolute atomic E-state index is 0.0383. The zero-order chi connectivity index (χ0) is 24.5. The highest BCUT2D eigenvalue weighted by atomic mass is 16.5. The lowest BCUT2D eigenvalue weighted by Gasteiger charge is -2.32. The average molecular weight is 477 g/mol. The SMILES string of the molecule is COc1ccc(C2=NN(CC(=O)NCCCN3CCC(Cc4ccccc4)CC3)C(=O)CC2)cc1. The van der Waals surface area contributed by atoms with Crippen molar-refractivity contribution in [3.05, 3.63) is 65.7 Å². The van der Waals surface area contributed by atoms with Crippen LogP contribution in [0.5, 0.6) is 5.75 Å². The summed E-state index contributed by atoms with van der Waals surface area (Å²) in [4.78, 5) is 27.2. The first-order chi connectivity index (χ1) is 17.1. The first-order valence-corrected chi connectivity index (χ1v) is 12.7. The lowest BCUT2D eigenvalue weighted by Crippen LogP contribution is -2.41. The first-order valence-electron chi connectivity index (χ1n) is 12.7. The molecular formula is C28H36N4O3. The number of methoxy groups -OCH3 is 1. The summed E-state index contributed by atoms with van der Waals surface area (Å²) in [7, 11) is 1.63. The van der Waals surface area contributed by atoms with Crippen LogP contribution in [0, 0.1) is 5.92 Å². The van der Waals surface area contributed by atoms with Gasteiger partial charge in [0.05, 0.1) is 12.8 Å². The molecule has 1 N–H and O–H groups in total. The molecule has 2 amide bonds. The van der Waals surface area contributed by atoms with Gasteiger partial charge in [0.1, 0.15) is 12.3 Å². The lowest BCUT2D eigenvalue weighted by molar-refractivity contribution is -0.136. The number of carbonyl (C=O) groups is 2. The first kappa shape index (κ1) is 24.9. The van der Waals surface area contributed by atoms with Gasteiger partial charge in [0, 0.05) is 19.4 Å². The quantitative estimate of drug-likeness (QED) is 0.533. The third-order valence-electron chi connectivity index (χ3n) is 6.87. The average Bonchev–Trinajstić information content (AvgIpc) is 2.89. The maximum Gasteiger partial charge on any atom is 0.243 e. The van der Waals surface area contributed by atoms with Crippen LogP contribution in [0.15, 0.2) is 59.7 Å². The summed E-state index contributed by atoms with van der Waals surface area (Å²) >= 11 is 0. The Kier molecular flexibility index (Phi) is 8.90. The van der Waals surface area contributed by atoms with Gasteiger partial charge < -0.3 is 15.0 Å². The van der Waals surface area contributed by atoms with E-state index in [0.717, 1.165) is 49.0 Å². The molecule has 1 saturated heterocycles. The Hall–Kier alpha value is -3.19. The monoisotopic (exact) mass is 476 g/mol. The smallest absolute Gasteiger partial charge is 0.243 e. The number of ether oxygens (including phenoxy) is 1. The number of piperidine rings is 1. The van der Waals surface area contributed by atoms with Crippen LogP contribution in [0.25, 0.3) is 0 Å². The molecule has 0 unspecified atom stereocenters. The molecule has 0 radical (unpaired) electrons. The molecule has 0 aliphatic carbocycles. The Labute approximate surface area is 208 Å². The van der Waals surface area contributed by atoms with Crippen LogP contribution in [0.2, 0.25) is 0 Å². The second-order valence-corrected chi connectivity index (χ2v) is 9.40. The van der Waals surface area contributed by atoms with Gasteiger partial charge in [-0.1, -0.05) is 30.3 Å². The van der Waals surface area contributed by atoms with Crippen LogP contribution in [0.1, 0.15) is 43.2 Å². The van der Waals surface area contributed by atoms with Gasteiger partial charge in [0.15, 0.2) is 0 Å². The van der Waals surface area contributed by atoms with Crippen molar-refractivity contribution in [2.45, 2.75) is 38.5 Å². The molecule has 0 saturated carbocycles. The van der Waals surface area contributed by atoms with E-state index in [-0.39, 0.29) is 18.4 Å². The molecule has 2 aliphatic rings. The van der Waals surface area contributed by atoms with E-state index in [9.17, 15) is 9.59 Å². The van der Waals surface area contributed by atoms with E-state index >= 15 is 0 Å². The van der Waals surface area contributed by atoms with Crippen LogP contribution in [-0.4, -0.2) is 67.3 Å². The van der Waals surface area contributed by atoms with Gasteiger partial charge in [-0.25, -0.2) is 5.01 Å². The molecule has 35 heavy (non-hydrogen) atoms. The maximum absolute atomic E-state index is 12.4. The van der Waals surface area contributed by atoms with Crippen LogP contribution in [-0.2, 0) is 16.0 Å². The molecule has 186 valence electrons. The molecule has 4 rings (SSSR count). The molecule has 0 atom stereocenters. The second kappa shape index (κ2) is 12.5. The van der Waals surface area contributed by atoms with E-state index in [4.69, 9.17) is 4.74 Å². The zero-order valence-electron chi connectivity index (χ0n) is 20.6. The zero-order valence-corrected chi connectivity index (χ0v) is 20.6. The molecule has 2 aliphatic heterocycles. The van der Waals surface area contributed by atoms with E-state index in [1.54, 1.807) is 7.11 Å². The number of benzene rings is 2. The van der Waals surface area contributed by atoms with E-state index in [0.29, 0.717) is 19.4 Å². The summed E-state index contributed by atoms with van der Waals surface area (Å²) in [6.07, 6.45) is 5.47. The van der Waals surface area contributed by atoms with E-state index < -0.39 is 0 Å². The van der Waals surface area contributed by atoms with Crippen LogP contribution < -0.4 is 10.1 Å². The van der Waals surface area contributed by atoms with Crippen molar-refractivity contribution in [3.63, 3.8) is 0 Å². The highest BCUT2D eigenvalue weighted by Gasteiger charge is 2.23. The predicted molar refractivity (Wildman–Crippen MR) is 137 cm³/mol. The van der Waals surface area contributed by atoms with Crippen molar-refractivity contribution in [1.82, 2.24) is 15.2 Å². The van der Waals surface area contributed by atoms with E-state index in [1.165, 1.54) is 29.8 Å². The Morgan fingerprint density at radius 1 is 1.06 bits per heavy atom. The fraction of sp³-hybridized carbons (Fsp3) is 0.464. The summed E-state index contributed by atoms with van der Waals surface area (Å²) in [5, 5.41) is 8.72. The molecule has 7 nitrogen and oxygen atoms in total. The number of hydrazone groups is 1. The van der Waals surface area contributed by atoms with Gasteiger partial charge in [-0.05, 0) is 86.6 Å². The van der Waals surface area contributed by atoms with Gasteiger partial charge in [0.2, 0.25) is 11.8 Å². The summed E-state index contributed by atoms with van der Waals surface area (Å²) in [5.74, 6) is 1.25. The number of amides is 2. The Morgan fingerprint density at radius 2 is 1.80 bits per heavy atom. The summed E-state index contributed by atoms with van der Waals surface area (Å²) in [5.41, 5.74) is 3.19. The number of likely N-dealkylation sites (tertiary alicyclic amines) is 1. The van der Waals surface area contributed by atoms with Crippen molar-refractivity contribution >= 4 is 17.5 Å². The standard InChI is InChI=1S/C28H36N4O3/c1-35-25-10-8-24(9-11-25)26-12-13-28(34)32(30-26)21-27(33)29-16-5-17-31-18-14-23(15-19-31)20-22-6-3-2-4-7-22/h2-4,6-11,23H,5,12-21H2,1H3,(H,29,33). The van der Waals surface area contributed by atoms with Crippen LogP contribution >= 0.6 is 0 Å². The molecule has 2 aromatic rings. The Balaban J connectivity index is 1.15. The lowest BCUT2D eigenvalue weighted by atomic mass is 9.90. The van der Waals surface area contributed by atoms with Gasteiger partial charge in [-0.3, -0.25) is 9.59 Å². The number of carbonyl (C=O) groups excluding carboxylic acids is 2. The maximum atomic E-state index is 12.4. The van der Waals surface area contributed by atoms with Gasteiger partial charge in [0.25, 0.3) is 0 Å². The molecule has 0 spiro atoms. The number of nitrogens with one attached hydrogen (secondary N) is 1. The fourth-order valence-electron chi connectivity index (χ4n) is 4.80.